The van der Waals surface area contributed by atoms with Crippen LogP contribution in [0.1, 0.15) is 24.1 Å². The molecular formula is C18H22N2O3S. The zero-order valence-corrected chi connectivity index (χ0v) is 14.9. The second-order valence-corrected chi connectivity index (χ2v) is 7.79. The van der Waals surface area contributed by atoms with Gasteiger partial charge in [-0.3, -0.25) is 9.10 Å². The fourth-order valence-electron chi connectivity index (χ4n) is 2.32. The lowest BCUT2D eigenvalue weighted by atomic mass is 10.1. The molecular weight excluding hydrogens is 324 g/mol. The van der Waals surface area contributed by atoms with Crippen LogP contribution in [0.15, 0.2) is 54.6 Å². The van der Waals surface area contributed by atoms with Crippen LogP contribution in [0.25, 0.3) is 0 Å². The van der Waals surface area contributed by atoms with E-state index in [1.807, 2.05) is 37.3 Å². The Morgan fingerprint density at radius 2 is 1.67 bits per heavy atom. The number of nitrogens with zero attached hydrogens (tertiary/aromatic N) is 1. The number of amides is 1. The fraction of sp³-hybridized carbons (Fsp3) is 0.278. The van der Waals surface area contributed by atoms with Crippen LogP contribution in [0, 0.1) is 0 Å². The first-order valence-electron chi connectivity index (χ1n) is 7.64. The first-order valence-corrected chi connectivity index (χ1v) is 9.49. The molecule has 0 aliphatic carbocycles. The van der Waals surface area contributed by atoms with Gasteiger partial charge in [0.2, 0.25) is 15.9 Å². The molecule has 0 aliphatic heterocycles. The number of sulfonamides is 1. The molecule has 0 heterocycles. The third kappa shape index (κ3) is 4.83. The summed E-state index contributed by atoms with van der Waals surface area (Å²) in [6.45, 7) is 1.94. The Hall–Kier alpha value is -2.34. The van der Waals surface area contributed by atoms with Crippen LogP contribution >= 0.6 is 0 Å². The van der Waals surface area contributed by atoms with E-state index < -0.39 is 10.0 Å². The second-order valence-electron chi connectivity index (χ2n) is 5.77. The van der Waals surface area contributed by atoms with Crippen molar-refractivity contribution < 1.29 is 13.2 Å². The lowest BCUT2D eigenvalue weighted by molar-refractivity contribution is -0.121. The van der Waals surface area contributed by atoms with Crippen LogP contribution in [-0.4, -0.2) is 27.6 Å². The van der Waals surface area contributed by atoms with Gasteiger partial charge < -0.3 is 5.32 Å². The topological polar surface area (TPSA) is 66.5 Å². The molecule has 0 fully saturated rings. The third-order valence-electron chi connectivity index (χ3n) is 3.84. The van der Waals surface area contributed by atoms with Gasteiger partial charge in [0.05, 0.1) is 24.4 Å². The van der Waals surface area contributed by atoms with Gasteiger partial charge in [0.15, 0.2) is 0 Å². The minimum atomic E-state index is -3.28. The Kier molecular flexibility index (Phi) is 5.62. The van der Waals surface area contributed by atoms with Crippen LogP contribution < -0.4 is 9.62 Å². The van der Waals surface area contributed by atoms with Crippen molar-refractivity contribution in [2.45, 2.75) is 19.4 Å². The quantitative estimate of drug-likeness (QED) is 0.874. The van der Waals surface area contributed by atoms with E-state index >= 15 is 0 Å². The number of hydrogen-bond acceptors (Lipinski definition) is 3. The van der Waals surface area contributed by atoms with E-state index in [0.717, 1.165) is 17.4 Å². The fourth-order valence-corrected chi connectivity index (χ4v) is 2.82. The van der Waals surface area contributed by atoms with Crippen molar-refractivity contribution in [3.05, 3.63) is 65.7 Å². The largest absolute Gasteiger partial charge is 0.349 e. The standard InChI is InChI=1S/C18H22N2O3S/c1-14(16-7-5-4-6-8-16)19-18(21)13-15-9-11-17(12-10-15)20(2)24(3,22)23/h4-12,14H,13H2,1-3H3,(H,19,21)/t14-/m0/s1. The molecule has 1 N–H and O–H groups in total. The van der Waals surface area contributed by atoms with Crippen molar-refractivity contribution in [3.63, 3.8) is 0 Å². The lowest BCUT2D eigenvalue weighted by Crippen LogP contribution is -2.28. The molecule has 0 saturated heterocycles. The Morgan fingerprint density at radius 1 is 1.08 bits per heavy atom. The molecule has 2 aromatic rings. The molecule has 0 unspecified atom stereocenters. The summed E-state index contributed by atoms with van der Waals surface area (Å²) in [5, 5.41) is 2.96. The first-order chi connectivity index (χ1) is 11.3. The number of anilines is 1. The summed E-state index contributed by atoms with van der Waals surface area (Å²) >= 11 is 0. The van der Waals surface area contributed by atoms with E-state index in [1.165, 1.54) is 11.4 Å². The normalized spacial score (nSPS) is 12.5. The summed E-state index contributed by atoms with van der Waals surface area (Å²) in [7, 11) is -1.79. The highest BCUT2D eigenvalue weighted by Gasteiger charge is 2.13. The molecule has 1 atom stereocenters. The second kappa shape index (κ2) is 7.49. The predicted molar refractivity (Wildman–Crippen MR) is 96.4 cm³/mol. The molecule has 0 bridgehead atoms. The summed E-state index contributed by atoms with van der Waals surface area (Å²) in [5.74, 6) is -0.0735. The Balaban J connectivity index is 1.97. The highest BCUT2D eigenvalue weighted by molar-refractivity contribution is 7.92. The van der Waals surface area contributed by atoms with E-state index in [2.05, 4.69) is 5.32 Å². The Bertz CT molecular complexity index is 787. The van der Waals surface area contributed by atoms with Crippen molar-refractivity contribution in [1.29, 1.82) is 0 Å². The molecule has 0 radical (unpaired) electrons. The van der Waals surface area contributed by atoms with Crippen LogP contribution in [0.2, 0.25) is 0 Å². The van der Waals surface area contributed by atoms with Crippen molar-refractivity contribution in [1.82, 2.24) is 5.32 Å². The lowest BCUT2D eigenvalue weighted by Gasteiger charge is -2.17. The monoisotopic (exact) mass is 346 g/mol. The van der Waals surface area contributed by atoms with E-state index in [9.17, 15) is 13.2 Å². The molecule has 6 heteroatoms. The van der Waals surface area contributed by atoms with Crippen LogP contribution in [0.4, 0.5) is 5.69 Å². The van der Waals surface area contributed by atoms with Crippen LogP contribution in [0.5, 0.6) is 0 Å². The van der Waals surface area contributed by atoms with Crippen molar-refractivity contribution in [3.8, 4) is 0 Å². The maximum atomic E-state index is 12.2. The molecule has 0 aromatic heterocycles. The highest BCUT2D eigenvalue weighted by Crippen LogP contribution is 2.17. The maximum absolute atomic E-state index is 12.2. The SMILES string of the molecule is C[C@H](NC(=O)Cc1ccc(N(C)S(C)(=O)=O)cc1)c1ccccc1. The Labute approximate surface area is 143 Å². The molecule has 1 amide bonds. The van der Waals surface area contributed by atoms with Gasteiger partial charge in [0.25, 0.3) is 0 Å². The van der Waals surface area contributed by atoms with Crippen LogP contribution in [-0.2, 0) is 21.2 Å². The number of hydrogen-bond donors (Lipinski definition) is 1. The van der Waals surface area contributed by atoms with Gasteiger partial charge in [-0.2, -0.15) is 0 Å². The summed E-state index contributed by atoms with van der Waals surface area (Å²) in [6, 6.07) is 16.6. The van der Waals surface area contributed by atoms with Gasteiger partial charge >= 0.3 is 0 Å². The number of carbonyl (C=O) groups excluding carboxylic acids is 1. The molecule has 128 valence electrons. The number of nitrogens with one attached hydrogen (secondary N) is 1. The molecule has 0 aliphatic rings. The smallest absolute Gasteiger partial charge is 0.231 e. The van der Waals surface area contributed by atoms with Crippen molar-refractivity contribution in [2.75, 3.05) is 17.6 Å². The van der Waals surface area contributed by atoms with Gasteiger partial charge in [-0.05, 0) is 30.2 Å². The molecule has 24 heavy (non-hydrogen) atoms. The van der Waals surface area contributed by atoms with Gasteiger partial charge in [0.1, 0.15) is 0 Å². The van der Waals surface area contributed by atoms with Crippen molar-refractivity contribution in [2.24, 2.45) is 0 Å². The number of benzene rings is 2. The van der Waals surface area contributed by atoms with E-state index in [1.54, 1.807) is 24.3 Å². The van der Waals surface area contributed by atoms with Crippen LogP contribution in [0.3, 0.4) is 0 Å². The first kappa shape index (κ1) is 18.0. The minimum Gasteiger partial charge on any atom is -0.349 e. The number of rotatable bonds is 6. The zero-order valence-electron chi connectivity index (χ0n) is 14.1. The highest BCUT2D eigenvalue weighted by atomic mass is 32.2. The van der Waals surface area contributed by atoms with Gasteiger partial charge in [-0.15, -0.1) is 0 Å². The van der Waals surface area contributed by atoms with Gasteiger partial charge in [0, 0.05) is 7.05 Å². The summed E-state index contributed by atoms with van der Waals surface area (Å²) in [5.41, 5.74) is 2.45. The average molecular weight is 346 g/mol. The summed E-state index contributed by atoms with van der Waals surface area (Å²) in [4.78, 5) is 12.2. The Morgan fingerprint density at radius 3 is 2.21 bits per heavy atom. The predicted octanol–water partition coefficient (Wildman–Crippen LogP) is 2.50. The zero-order chi connectivity index (χ0) is 17.7. The molecule has 5 nitrogen and oxygen atoms in total. The number of carbonyl (C=O) groups is 1. The average Bonchev–Trinajstić information content (AvgIpc) is 2.54. The maximum Gasteiger partial charge on any atom is 0.231 e. The molecule has 0 saturated carbocycles. The minimum absolute atomic E-state index is 0.0608. The van der Waals surface area contributed by atoms with E-state index in [-0.39, 0.29) is 18.4 Å². The van der Waals surface area contributed by atoms with E-state index in [0.29, 0.717) is 5.69 Å². The summed E-state index contributed by atoms with van der Waals surface area (Å²) in [6.07, 6.45) is 1.40. The van der Waals surface area contributed by atoms with Gasteiger partial charge in [-0.25, -0.2) is 8.42 Å². The molecule has 2 aromatic carbocycles. The molecule has 0 spiro atoms. The summed E-state index contributed by atoms with van der Waals surface area (Å²) < 4.78 is 24.2. The third-order valence-corrected chi connectivity index (χ3v) is 5.04. The van der Waals surface area contributed by atoms with Crippen molar-refractivity contribution >= 4 is 21.6 Å². The molecule has 2 rings (SSSR count). The van der Waals surface area contributed by atoms with E-state index in [4.69, 9.17) is 0 Å². The van der Waals surface area contributed by atoms with Gasteiger partial charge in [-0.1, -0.05) is 42.5 Å².